The molecule has 0 aliphatic heterocycles. The largest absolute Gasteiger partial charge is 0.478 e. The maximum Gasteiger partial charge on any atom is 0.336 e. The second kappa shape index (κ2) is 7.55. The first-order valence-corrected chi connectivity index (χ1v) is 9.42. The summed E-state index contributed by atoms with van der Waals surface area (Å²) in [6.45, 7) is 4.16. The normalized spacial score (nSPS) is 11.3. The van der Waals surface area contributed by atoms with Gasteiger partial charge < -0.3 is 9.67 Å². The van der Waals surface area contributed by atoms with E-state index in [1.807, 2.05) is 38.1 Å². The van der Waals surface area contributed by atoms with Gasteiger partial charge >= 0.3 is 5.97 Å². The van der Waals surface area contributed by atoms with Crippen LogP contribution < -0.4 is 5.56 Å². The molecule has 0 bridgehead atoms. The summed E-state index contributed by atoms with van der Waals surface area (Å²) >= 11 is 0. The standard InChI is InChI=1S/C22H19FN4O3/c1-12(2)20-24-17-18(21(28)26-25-19(17)23)27(20)11-13-7-9-14(10-8-13)15-5-3-4-6-16(15)22(29)30/h3-10,12H,11H2,1-2H3,(H,26,28)(H,29,30). The van der Waals surface area contributed by atoms with Gasteiger partial charge in [-0.3, -0.25) is 4.79 Å². The lowest BCUT2D eigenvalue weighted by Crippen LogP contribution is -2.16. The molecule has 152 valence electrons. The lowest BCUT2D eigenvalue weighted by molar-refractivity contribution is 0.0697. The number of hydrogen-bond donors (Lipinski definition) is 2. The molecule has 2 aromatic carbocycles. The van der Waals surface area contributed by atoms with E-state index in [0.29, 0.717) is 17.9 Å². The molecule has 0 atom stereocenters. The van der Waals surface area contributed by atoms with E-state index in [2.05, 4.69) is 15.2 Å². The zero-order chi connectivity index (χ0) is 21.4. The number of nitrogens with one attached hydrogen (secondary N) is 1. The Labute approximate surface area is 170 Å². The van der Waals surface area contributed by atoms with Crippen LogP contribution in [0.4, 0.5) is 4.39 Å². The van der Waals surface area contributed by atoms with Gasteiger partial charge in [0.15, 0.2) is 5.52 Å². The first-order valence-electron chi connectivity index (χ1n) is 9.42. The summed E-state index contributed by atoms with van der Waals surface area (Å²) in [4.78, 5) is 28.1. The second-order valence-electron chi connectivity index (χ2n) is 7.30. The van der Waals surface area contributed by atoms with E-state index in [0.717, 1.165) is 11.1 Å². The number of aromatic carboxylic acids is 1. The summed E-state index contributed by atoms with van der Waals surface area (Å²) in [6.07, 6.45) is 0. The fourth-order valence-corrected chi connectivity index (χ4v) is 3.54. The third kappa shape index (κ3) is 3.36. The molecule has 0 aliphatic rings. The number of halogens is 1. The Morgan fingerprint density at radius 3 is 2.53 bits per heavy atom. The fourth-order valence-electron chi connectivity index (χ4n) is 3.54. The van der Waals surface area contributed by atoms with Crippen LogP contribution in [0, 0.1) is 5.95 Å². The van der Waals surface area contributed by atoms with Crippen molar-refractivity contribution in [2.75, 3.05) is 0 Å². The zero-order valence-corrected chi connectivity index (χ0v) is 16.4. The number of fused-ring (bicyclic) bond motifs is 1. The average molecular weight is 406 g/mol. The number of carbonyl (C=O) groups is 1. The van der Waals surface area contributed by atoms with Crippen LogP contribution in [0.5, 0.6) is 0 Å². The van der Waals surface area contributed by atoms with Gasteiger partial charge in [0.25, 0.3) is 11.5 Å². The molecule has 4 aromatic rings. The highest BCUT2D eigenvalue weighted by atomic mass is 19.1. The number of imidazole rings is 1. The lowest BCUT2D eigenvalue weighted by Gasteiger charge is -2.12. The molecule has 0 radical (unpaired) electrons. The van der Waals surface area contributed by atoms with Gasteiger partial charge in [-0.1, -0.05) is 56.3 Å². The van der Waals surface area contributed by atoms with Crippen molar-refractivity contribution in [3.63, 3.8) is 0 Å². The van der Waals surface area contributed by atoms with Crippen LogP contribution in [-0.2, 0) is 6.54 Å². The third-order valence-electron chi connectivity index (χ3n) is 4.94. The number of aromatic amines is 1. The van der Waals surface area contributed by atoms with Crippen LogP contribution in [0.3, 0.4) is 0 Å². The molecule has 30 heavy (non-hydrogen) atoms. The maximum atomic E-state index is 14.1. The second-order valence-corrected chi connectivity index (χ2v) is 7.30. The van der Waals surface area contributed by atoms with Crippen molar-refractivity contribution in [2.45, 2.75) is 26.3 Å². The molecule has 4 rings (SSSR count). The Kier molecular flexibility index (Phi) is 4.91. The van der Waals surface area contributed by atoms with Gasteiger partial charge in [-0.25, -0.2) is 14.9 Å². The summed E-state index contributed by atoms with van der Waals surface area (Å²) in [5.74, 6) is -1.25. The predicted octanol–water partition coefficient (Wildman–Crippen LogP) is 3.80. The van der Waals surface area contributed by atoms with Crippen LogP contribution >= 0.6 is 0 Å². The smallest absolute Gasteiger partial charge is 0.336 e. The number of aromatic nitrogens is 4. The molecule has 0 saturated heterocycles. The van der Waals surface area contributed by atoms with Crippen LogP contribution in [0.15, 0.2) is 53.3 Å². The monoisotopic (exact) mass is 406 g/mol. The van der Waals surface area contributed by atoms with Crippen molar-refractivity contribution in [1.82, 2.24) is 19.7 Å². The first kappa shape index (κ1) is 19.5. The molecule has 0 spiro atoms. The Morgan fingerprint density at radius 2 is 1.87 bits per heavy atom. The summed E-state index contributed by atoms with van der Waals surface area (Å²) in [7, 11) is 0. The Bertz CT molecular complexity index is 1310. The summed E-state index contributed by atoms with van der Waals surface area (Å²) < 4.78 is 15.8. The fraction of sp³-hybridized carbons (Fsp3) is 0.182. The Hall–Kier alpha value is -3.81. The highest BCUT2D eigenvalue weighted by Crippen LogP contribution is 2.26. The summed E-state index contributed by atoms with van der Waals surface area (Å²) in [5.41, 5.74) is 2.08. The summed E-state index contributed by atoms with van der Waals surface area (Å²) in [5, 5.41) is 14.9. The molecular weight excluding hydrogens is 387 g/mol. The summed E-state index contributed by atoms with van der Waals surface area (Å²) in [6, 6.07) is 14.2. The molecule has 7 nitrogen and oxygen atoms in total. The minimum atomic E-state index is -0.990. The van der Waals surface area contributed by atoms with Gasteiger partial charge in [-0.05, 0) is 22.8 Å². The first-order chi connectivity index (χ1) is 14.4. The molecule has 0 unspecified atom stereocenters. The number of benzene rings is 2. The van der Waals surface area contributed by atoms with Crippen molar-refractivity contribution in [3.05, 3.63) is 81.8 Å². The minimum absolute atomic E-state index is 0.0297. The van der Waals surface area contributed by atoms with Gasteiger partial charge in [0.05, 0.1) is 5.56 Å². The van der Waals surface area contributed by atoms with E-state index in [1.165, 1.54) is 0 Å². The molecule has 0 amide bonds. The van der Waals surface area contributed by atoms with E-state index < -0.39 is 17.5 Å². The van der Waals surface area contributed by atoms with Crippen molar-refractivity contribution < 1.29 is 14.3 Å². The van der Waals surface area contributed by atoms with Gasteiger partial charge in [-0.2, -0.15) is 4.39 Å². The third-order valence-corrected chi connectivity index (χ3v) is 4.94. The van der Waals surface area contributed by atoms with Crippen LogP contribution in [0.1, 0.15) is 41.5 Å². The van der Waals surface area contributed by atoms with Gasteiger partial charge in [-0.15, -0.1) is 5.10 Å². The molecule has 0 fully saturated rings. The molecule has 2 aromatic heterocycles. The number of rotatable bonds is 5. The number of carboxylic acid groups (broad SMARTS) is 1. The quantitative estimate of drug-likeness (QED) is 0.525. The highest BCUT2D eigenvalue weighted by molar-refractivity contribution is 5.96. The van der Waals surface area contributed by atoms with Crippen molar-refractivity contribution in [1.29, 1.82) is 0 Å². The van der Waals surface area contributed by atoms with Crippen LogP contribution in [0.25, 0.3) is 22.2 Å². The topological polar surface area (TPSA) is 101 Å². The molecule has 2 N–H and O–H groups in total. The van der Waals surface area contributed by atoms with Gasteiger partial charge in [0, 0.05) is 12.5 Å². The maximum absolute atomic E-state index is 14.1. The Balaban J connectivity index is 1.76. The van der Waals surface area contributed by atoms with Crippen molar-refractivity contribution in [2.24, 2.45) is 0 Å². The Morgan fingerprint density at radius 1 is 1.17 bits per heavy atom. The zero-order valence-electron chi connectivity index (χ0n) is 16.4. The minimum Gasteiger partial charge on any atom is -0.478 e. The molecule has 0 saturated carbocycles. The van der Waals surface area contributed by atoms with Crippen molar-refractivity contribution >= 4 is 17.0 Å². The number of nitrogens with zero attached hydrogens (tertiary/aromatic N) is 3. The van der Waals surface area contributed by atoms with E-state index >= 15 is 0 Å². The molecule has 0 aliphatic carbocycles. The molecule has 2 heterocycles. The van der Waals surface area contributed by atoms with E-state index in [9.17, 15) is 19.1 Å². The lowest BCUT2D eigenvalue weighted by atomic mass is 9.98. The number of H-pyrrole nitrogens is 1. The van der Waals surface area contributed by atoms with E-state index in [-0.39, 0.29) is 22.5 Å². The van der Waals surface area contributed by atoms with E-state index in [4.69, 9.17) is 0 Å². The average Bonchev–Trinajstić information content (AvgIpc) is 3.12. The van der Waals surface area contributed by atoms with E-state index in [1.54, 1.807) is 28.8 Å². The number of carboxylic acids is 1. The molecule has 8 heteroatoms. The van der Waals surface area contributed by atoms with Gasteiger partial charge in [0.2, 0.25) is 0 Å². The van der Waals surface area contributed by atoms with Crippen molar-refractivity contribution in [3.8, 4) is 11.1 Å². The van der Waals surface area contributed by atoms with Gasteiger partial charge in [0.1, 0.15) is 11.3 Å². The predicted molar refractivity (Wildman–Crippen MR) is 110 cm³/mol. The SMILES string of the molecule is CC(C)c1nc2c(F)n[nH]c(=O)c2n1Cc1ccc(-c2ccccc2C(=O)O)cc1. The highest BCUT2D eigenvalue weighted by Gasteiger charge is 2.20. The van der Waals surface area contributed by atoms with Crippen LogP contribution in [0.2, 0.25) is 0 Å². The number of hydrogen-bond acceptors (Lipinski definition) is 4. The van der Waals surface area contributed by atoms with Crippen LogP contribution in [-0.4, -0.2) is 30.8 Å². The molecular formula is C22H19FN4O3.